The normalized spacial score (nSPS) is 24.4. The zero-order valence-corrected chi connectivity index (χ0v) is 9.44. The molecule has 0 aromatic carbocycles. The molecule has 1 fully saturated rings. The summed E-state index contributed by atoms with van der Waals surface area (Å²) in [4.78, 5) is 16.1. The van der Waals surface area contributed by atoms with Crippen LogP contribution in [0.25, 0.3) is 0 Å². The van der Waals surface area contributed by atoms with E-state index < -0.39 is 0 Å². The van der Waals surface area contributed by atoms with Gasteiger partial charge in [0, 0.05) is 24.0 Å². The summed E-state index contributed by atoms with van der Waals surface area (Å²) in [5, 5.41) is 2.98. The van der Waals surface area contributed by atoms with E-state index in [0.717, 1.165) is 25.0 Å². The van der Waals surface area contributed by atoms with Crippen LogP contribution in [0.3, 0.4) is 0 Å². The fraction of sp³-hybridized carbons (Fsp3) is 0.500. The average Bonchev–Trinajstić information content (AvgIpc) is 2.65. The Bertz CT molecular complexity index is 392. The van der Waals surface area contributed by atoms with Crippen LogP contribution in [0, 0.1) is 6.92 Å². The van der Waals surface area contributed by atoms with E-state index in [0.29, 0.717) is 5.56 Å². The second-order valence-electron chi connectivity index (χ2n) is 4.31. The minimum atomic E-state index is -0.0621. The number of amides is 1. The molecule has 1 aromatic rings. The first-order valence-electron chi connectivity index (χ1n) is 5.66. The molecule has 2 unspecified atom stereocenters. The highest BCUT2D eigenvalue weighted by Gasteiger charge is 2.25. The first-order valence-corrected chi connectivity index (χ1v) is 5.66. The zero-order chi connectivity index (χ0) is 11.5. The summed E-state index contributed by atoms with van der Waals surface area (Å²) in [5.74, 6) is -0.0621. The lowest BCUT2D eigenvalue weighted by Gasteiger charge is -2.17. The van der Waals surface area contributed by atoms with Gasteiger partial charge in [0.1, 0.15) is 0 Å². The summed E-state index contributed by atoms with van der Waals surface area (Å²) in [6, 6.07) is 3.78. The Hall–Kier alpha value is -1.42. The monoisotopic (exact) mass is 219 g/mol. The molecule has 0 aliphatic heterocycles. The summed E-state index contributed by atoms with van der Waals surface area (Å²) >= 11 is 0. The van der Waals surface area contributed by atoms with Gasteiger partial charge < -0.3 is 11.1 Å². The molecular weight excluding hydrogens is 202 g/mol. The third-order valence-corrected chi connectivity index (χ3v) is 3.14. The van der Waals surface area contributed by atoms with Gasteiger partial charge in [0.05, 0.1) is 5.56 Å². The van der Waals surface area contributed by atoms with E-state index in [1.165, 1.54) is 0 Å². The van der Waals surface area contributed by atoms with Crippen molar-refractivity contribution in [1.29, 1.82) is 0 Å². The van der Waals surface area contributed by atoms with Crippen LogP contribution in [0.15, 0.2) is 18.3 Å². The van der Waals surface area contributed by atoms with E-state index >= 15 is 0 Å². The largest absolute Gasteiger partial charge is 0.348 e. The van der Waals surface area contributed by atoms with Crippen molar-refractivity contribution in [1.82, 2.24) is 10.3 Å². The van der Waals surface area contributed by atoms with Crippen LogP contribution in [0.5, 0.6) is 0 Å². The minimum Gasteiger partial charge on any atom is -0.348 e. The molecule has 16 heavy (non-hydrogen) atoms. The first-order chi connectivity index (χ1) is 7.68. The Morgan fingerprint density at radius 1 is 1.56 bits per heavy atom. The molecule has 2 rings (SSSR count). The predicted octanol–water partition coefficient (Wildman–Crippen LogP) is 1.000. The van der Waals surface area contributed by atoms with Crippen molar-refractivity contribution in [3.05, 3.63) is 29.6 Å². The second kappa shape index (κ2) is 4.61. The Balaban J connectivity index is 2.06. The van der Waals surface area contributed by atoms with Crippen molar-refractivity contribution in [3.63, 3.8) is 0 Å². The van der Waals surface area contributed by atoms with Gasteiger partial charge in [-0.3, -0.25) is 9.78 Å². The van der Waals surface area contributed by atoms with E-state index in [9.17, 15) is 4.79 Å². The van der Waals surface area contributed by atoms with Crippen molar-refractivity contribution >= 4 is 5.91 Å². The number of nitrogens with zero attached hydrogens (tertiary/aromatic N) is 1. The molecule has 0 bridgehead atoms. The average molecular weight is 219 g/mol. The number of nitrogens with two attached hydrogens (primary N) is 1. The van der Waals surface area contributed by atoms with E-state index in [-0.39, 0.29) is 18.0 Å². The van der Waals surface area contributed by atoms with Crippen LogP contribution < -0.4 is 11.1 Å². The quantitative estimate of drug-likeness (QED) is 0.779. The van der Waals surface area contributed by atoms with Crippen LogP contribution in [0.1, 0.15) is 35.3 Å². The molecule has 4 heteroatoms. The number of hydrogen-bond acceptors (Lipinski definition) is 3. The van der Waals surface area contributed by atoms with E-state index in [1.54, 1.807) is 18.3 Å². The third-order valence-electron chi connectivity index (χ3n) is 3.14. The fourth-order valence-electron chi connectivity index (χ4n) is 2.14. The van der Waals surface area contributed by atoms with Crippen molar-refractivity contribution < 1.29 is 4.79 Å². The van der Waals surface area contributed by atoms with Crippen LogP contribution in [-0.2, 0) is 0 Å². The maximum atomic E-state index is 12.0. The first kappa shape index (κ1) is 11.1. The summed E-state index contributed by atoms with van der Waals surface area (Å²) in [6.07, 6.45) is 4.76. The smallest absolute Gasteiger partial charge is 0.253 e. The molecular formula is C12H17N3O. The Morgan fingerprint density at radius 3 is 3.00 bits per heavy atom. The fourth-order valence-corrected chi connectivity index (χ4v) is 2.14. The number of carbonyl (C=O) groups is 1. The number of pyridine rings is 1. The maximum Gasteiger partial charge on any atom is 0.253 e. The van der Waals surface area contributed by atoms with Gasteiger partial charge in [0.2, 0.25) is 0 Å². The van der Waals surface area contributed by atoms with Gasteiger partial charge in [-0.25, -0.2) is 0 Å². The molecule has 3 N–H and O–H groups in total. The van der Waals surface area contributed by atoms with Gasteiger partial charge in [0.15, 0.2) is 0 Å². The third kappa shape index (κ3) is 2.22. The lowest BCUT2D eigenvalue weighted by atomic mass is 10.1. The van der Waals surface area contributed by atoms with E-state index in [1.807, 2.05) is 6.92 Å². The highest BCUT2D eigenvalue weighted by Crippen LogP contribution is 2.17. The topological polar surface area (TPSA) is 68.0 Å². The van der Waals surface area contributed by atoms with Crippen molar-refractivity contribution in [2.24, 2.45) is 5.73 Å². The Kier molecular flexibility index (Phi) is 3.19. The van der Waals surface area contributed by atoms with E-state index in [2.05, 4.69) is 10.3 Å². The number of rotatable bonds is 2. The maximum absolute atomic E-state index is 12.0. The van der Waals surface area contributed by atoms with Crippen molar-refractivity contribution in [3.8, 4) is 0 Å². The molecule has 0 radical (unpaired) electrons. The van der Waals surface area contributed by atoms with Gasteiger partial charge in [0.25, 0.3) is 5.91 Å². The Morgan fingerprint density at radius 2 is 2.38 bits per heavy atom. The number of carbonyl (C=O) groups excluding carboxylic acids is 1. The summed E-state index contributed by atoms with van der Waals surface area (Å²) < 4.78 is 0. The van der Waals surface area contributed by atoms with Crippen LogP contribution >= 0.6 is 0 Å². The number of nitrogens with one attached hydrogen (secondary N) is 1. The van der Waals surface area contributed by atoms with Gasteiger partial charge in [-0.1, -0.05) is 0 Å². The standard InChI is InChI=1S/C12H17N3O/c1-8-9(4-3-7-14-8)12(16)15-11-6-2-5-10(11)13/h3-4,7,10-11H,2,5-6,13H2,1H3,(H,15,16). The molecule has 1 heterocycles. The van der Waals surface area contributed by atoms with Gasteiger partial charge in [-0.15, -0.1) is 0 Å². The zero-order valence-electron chi connectivity index (χ0n) is 9.44. The summed E-state index contributed by atoms with van der Waals surface area (Å²) in [5.41, 5.74) is 7.31. The highest BCUT2D eigenvalue weighted by atomic mass is 16.1. The molecule has 86 valence electrons. The number of aromatic nitrogens is 1. The van der Waals surface area contributed by atoms with Crippen LogP contribution in [0.4, 0.5) is 0 Å². The van der Waals surface area contributed by atoms with Crippen LogP contribution in [-0.4, -0.2) is 23.0 Å². The lowest BCUT2D eigenvalue weighted by molar-refractivity contribution is 0.0933. The van der Waals surface area contributed by atoms with Crippen molar-refractivity contribution in [2.75, 3.05) is 0 Å². The molecule has 4 nitrogen and oxygen atoms in total. The van der Waals surface area contributed by atoms with E-state index in [4.69, 9.17) is 5.73 Å². The molecule has 0 saturated heterocycles. The summed E-state index contributed by atoms with van der Waals surface area (Å²) in [7, 11) is 0. The van der Waals surface area contributed by atoms with Gasteiger partial charge in [-0.2, -0.15) is 0 Å². The highest BCUT2D eigenvalue weighted by molar-refractivity contribution is 5.95. The molecule has 1 aliphatic rings. The Labute approximate surface area is 95.3 Å². The number of hydrogen-bond donors (Lipinski definition) is 2. The number of aryl methyl sites for hydroxylation is 1. The molecule has 1 saturated carbocycles. The predicted molar refractivity (Wildman–Crippen MR) is 62.1 cm³/mol. The SMILES string of the molecule is Cc1ncccc1C(=O)NC1CCCC1N. The molecule has 1 aliphatic carbocycles. The molecule has 0 spiro atoms. The minimum absolute atomic E-state index is 0.0621. The van der Waals surface area contributed by atoms with Crippen molar-refractivity contribution in [2.45, 2.75) is 38.3 Å². The second-order valence-corrected chi connectivity index (χ2v) is 4.31. The molecule has 1 aromatic heterocycles. The lowest BCUT2D eigenvalue weighted by Crippen LogP contribution is -2.44. The molecule has 1 amide bonds. The van der Waals surface area contributed by atoms with Gasteiger partial charge >= 0.3 is 0 Å². The van der Waals surface area contributed by atoms with Crippen LogP contribution in [0.2, 0.25) is 0 Å². The summed E-state index contributed by atoms with van der Waals surface area (Å²) in [6.45, 7) is 1.84. The molecule has 2 atom stereocenters. The van der Waals surface area contributed by atoms with Gasteiger partial charge in [-0.05, 0) is 38.3 Å².